The normalized spacial score (nSPS) is 17.8. The van der Waals surface area contributed by atoms with Gasteiger partial charge in [0.2, 0.25) is 5.91 Å². The fourth-order valence-corrected chi connectivity index (χ4v) is 2.98. The van der Waals surface area contributed by atoms with Crippen LogP contribution >= 0.6 is 0 Å². The van der Waals surface area contributed by atoms with Crippen molar-refractivity contribution in [2.45, 2.75) is 24.8 Å². The van der Waals surface area contributed by atoms with E-state index in [1.54, 1.807) is 0 Å². The molecule has 8 nitrogen and oxygen atoms in total. The highest BCUT2D eigenvalue weighted by molar-refractivity contribution is 5.88. The second-order valence-corrected chi connectivity index (χ2v) is 6.92. The largest absolute Gasteiger partial charge is 0.573 e. The van der Waals surface area contributed by atoms with Crippen molar-refractivity contribution >= 4 is 17.7 Å². The second-order valence-electron chi connectivity index (χ2n) is 6.92. The number of carbonyl (C=O) groups excluding carboxylic acids is 1. The molecule has 3 rings (SSSR count). The van der Waals surface area contributed by atoms with Crippen LogP contribution in [-0.2, 0) is 11.2 Å². The second kappa shape index (κ2) is 8.48. The van der Waals surface area contributed by atoms with Crippen molar-refractivity contribution < 1.29 is 46.1 Å². The number of amides is 1. The van der Waals surface area contributed by atoms with Crippen LogP contribution in [0.15, 0.2) is 36.5 Å². The molecule has 1 aliphatic heterocycles. The van der Waals surface area contributed by atoms with E-state index in [1.165, 1.54) is 12.1 Å². The third-order valence-corrected chi connectivity index (χ3v) is 4.52. The van der Waals surface area contributed by atoms with Gasteiger partial charge in [0.05, 0.1) is 25.1 Å². The lowest BCUT2D eigenvalue weighted by atomic mass is 10.1. The summed E-state index contributed by atoms with van der Waals surface area (Å²) >= 11 is 0. The number of nitrogens with two attached hydrogens (primary N) is 1. The summed E-state index contributed by atoms with van der Waals surface area (Å²) in [5.41, 5.74) is 5.54. The van der Waals surface area contributed by atoms with Gasteiger partial charge in [-0.05, 0) is 17.7 Å². The van der Waals surface area contributed by atoms with Crippen LogP contribution < -0.4 is 15.2 Å². The molecule has 0 bridgehead atoms. The standard InChI is InChI=1S/C19H16F5N3O5/c20-18(21)9-27(8-14(18)31-13-6-11(17(29)30)7-26-16(13)25)15(28)5-10-1-3-12(4-2-10)32-19(22,23)24/h1-4,6-7,14H,5,8-9H2,(H2,25,26)(H,29,30). The van der Waals surface area contributed by atoms with Crippen molar-refractivity contribution in [3.8, 4) is 11.5 Å². The number of carboxylic acid groups (broad SMARTS) is 1. The lowest BCUT2D eigenvalue weighted by molar-refractivity contribution is -0.274. The van der Waals surface area contributed by atoms with Gasteiger partial charge in [-0.25, -0.2) is 18.6 Å². The summed E-state index contributed by atoms with van der Waals surface area (Å²) in [6, 6.07) is 5.39. The number of alkyl halides is 5. The van der Waals surface area contributed by atoms with E-state index in [0.717, 1.165) is 29.3 Å². The smallest absolute Gasteiger partial charge is 0.478 e. The summed E-state index contributed by atoms with van der Waals surface area (Å²) in [4.78, 5) is 27.9. The van der Waals surface area contributed by atoms with Crippen molar-refractivity contribution in [1.82, 2.24) is 9.88 Å². The van der Waals surface area contributed by atoms with Crippen molar-refractivity contribution in [2.24, 2.45) is 0 Å². The number of carbonyl (C=O) groups is 2. The predicted octanol–water partition coefficient (Wildman–Crippen LogP) is 2.73. The van der Waals surface area contributed by atoms with Crippen LogP contribution in [0.25, 0.3) is 0 Å². The van der Waals surface area contributed by atoms with Crippen LogP contribution in [0.3, 0.4) is 0 Å². The minimum atomic E-state index is -4.86. The van der Waals surface area contributed by atoms with Gasteiger partial charge < -0.3 is 25.2 Å². The molecule has 32 heavy (non-hydrogen) atoms. The van der Waals surface area contributed by atoms with Gasteiger partial charge in [-0.1, -0.05) is 12.1 Å². The van der Waals surface area contributed by atoms with Gasteiger partial charge in [-0.3, -0.25) is 4.79 Å². The summed E-state index contributed by atoms with van der Waals surface area (Å²) in [6.45, 7) is -1.48. The molecule has 2 aromatic rings. The van der Waals surface area contributed by atoms with Gasteiger partial charge >= 0.3 is 18.3 Å². The maximum Gasteiger partial charge on any atom is 0.573 e. The topological polar surface area (TPSA) is 115 Å². The van der Waals surface area contributed by atoms with E-state index in [9.17, 15) is 31.5 Å². The summed E-state index contributed by atoms with van der Waals surface area (Å²) < 4.78 is 74.4. The highest BCUT2D eigenvalue weighted by Gasteiger charge is 2.51. The van der Waals surface area contributed by atoms with E-state index in [2.05, 4.69) is 9.72 Å². The number of carboxylic acids is 1. The van der Waals surface area contributed by atoms with Gasteiger partial charge in [0.15, 0.2) is 17.7 Å². The first-order chi connectivity index (χ1) is 14.8. The number of aromatic carboxylic acids is 1. The molecule has 3 N–H and O–H groups in total. The number of rotatable bonds is 6. The quantitative estimate of drug-likeness (QED) is 0.636. The van der Waals surface area contributed by atoms with E-state index in [-0.39, 0.29) is 23.6 Å². The molecule has 1 fully saturated rings. The van der Waals surface area contributed by atoms with Gasteiger partial charge in [0.25, 0.3) is 0 Å². The van der Waals surface area contributed by atoms with Gasteiger partial charge in [-0.15, -0.1) is 13.2 Å². The van der Waals surface area contributed by atoms with Crippen LogP contribution in [-0.4, -0.2) is 58.3 Å². The summed E-state index contributed by atoms with van der Waals surface area (Å²) in [5.74, 6) is -6.66. The SMILES string of the molecule is Nc1ncc(C(=O)O)cc1OC1CN(C(=O)Cc2ccc(OC(F)(F)F)cc2)CC1(F)F. The fourth-order valence-electron chi connectivity index (χ4n) is 2.98. The lowest BCUT2D eigenvalue weighted by Crippen LogP contribution is -2.36. The first-order valence-corrected chi connectivity index (χ1v) is 9.00. The average molecular weight is 461 g/mol. The number of likely N-dealkylation sites (tertiary alicyclic amines) is 1. The Hall–Kier alpha value is -3.64. The summed E-state index contributed by atoms with van der Waals surface area (Å²) in [5, 5.41) is 8.99. The number of anilines is 1. The fraction of sp³-hybridized carbons (Fsp3) is 0.316. The van der Waals surface area contributed by atoms with E-state index in [1.807, 2.05) is 0 Å². The van der Waals surface area contributed by atoms with Crippen molar-refractivity contribution in [1.29, 1.82) is 0 Å². The molecule has 1 amide bonds. The number of nitrogen functional groups attached to an aromatic ring is 1. The Kier molecular flexibility index (Phi) is 6.10. The van der Waals surface area contributed by atoms with Crippen LogP contribution in [0.1, 0.15) is 15.9 Å². The molecular formula is C19H16F5N3O5. The Labute approximate surface area is 177 Å². The molecule has 2 heterocycles. The maximum atomic E-state index is 14.4. The van der Waals surface area contributed by atoms with E-state index < -0.39 is 49.1 Å². The molecule has 172 valence electrons. The minimum absolute atomic E-state index is 0.291. The van der Waals surface area contributed by atoms with Crippen LogP contribution in [0.2, 0.25) is 0 Å². The molecule has 1 aromatic carbocycles. The molecule has 1 aromatic heterocycles. The van der Waals surface area contributed by atoms with Gasteiger partial charge in [0, 0.05) is 12.3 Å². The predicted molar refractivity (Wildman–Crippen MR) is 98.4 cm³/mol. The van der Waals surface area contributed by atoms with E-state index >= 15 is 0 Å². The Morgan fingerprint density at radius 3 is 2.50 bits per heavy atom. The van der Waals surface area contributed by atoms with Gasteiger partial charge in [0.1, 0.15) is 5.75 Å². The van der Waals surface area contributed by atoms with Gasteiger partial charge in [-0.2, -0.15) is 0 Å². The third-order valence-electron chi connectivity index (χ3n) is 4.52. The molecule has 13 heteroatoms. The number of hydrogen-bond acceptors (Lipinski definition) is 6. The Morgan fingerprint density at radius 1 is 1.25 bits per heavy atom. The monoisotopic (exact) mass is 461 g/mol. The Balaban J connectivity index is 1.66. The number of aromatic nitrogens is 1. The third kappa shape index (κ3) is 5.53. The van der Waals surface area contributed by atoms with E-state index in [0.29, 0.717) is 5.56 Å². The minimum Gasteiger partial charge on any atom is -0.478 e. The van der Waals surface area contributed by atoms with Crippen molar-refractivity contribution in [3.05, 3.63) is 47.7 Å². The molecule has 0 saturated carbocycles. The summed E-state index contributed by atoms with van der Waals surface area (Å²) in [7, 11) is 0. The number of ether oxygens (including phenoxy) is 2. The molecule has 0 spiro atoms. The lowest BCUT2D eigenvalue weighted by Gasteiger charge is -2.19. The van der Waals surface area contributed by atoms with Crippen LogP contribution in [0, 0.1) is 0 Å². The number of nitrogens with zero attached hydrogens (tertiary/aromatic N) is 2. The highest BCUT2D eigenvalue weighted by atomic mass is 19.4. The molecule has 1 unspecified atom stereocenters. The van der Waals surface area contributed by atoms with Crippen molar-refractivity contribution in [3.63, 3.8) is 0 Å². The zero-order valence-electron chi connectivity index (χ0n) is 16.1. The first-order valence-electron chi connectivity index (χ1n) is 9.00. The molecule has 1 saturated heterocycles. The molecule has 1 atom stereocenters. The highest BCUT2D eigenvalue weighted by Crippen LogP contribution is 2.33. The first kappa shape index (κ1) is 23.0. The summed E-state index contributed by atoms with van der Waals surface area (Å²) in [6.07, 6.45) is -6.07. The Bertz CT molecular complexity index is 1010. The number of halogens is 5. The molecule has 1 aliphatic rings. The molecule has 0 radical (unpaired) electrons. The van der Waals surface area contributed by atoms with E-state index in [4.69, 9.17) is 15.6 Å². The van der Waals surface area contributed by atoms with Crippen molar-refractivity contribution in [2.75, 3.05) is 18.8 Å². The van der Waals surface area contributed by atoms with Crippen LogP contribution in [0.5, 0.6) is 11.5 Å². The molecular weight excluding hydrogens is 445 g/mol. The maximum absolute atomic E-state index is 14.4. The van der Waals surface area contributed by atoms with Crippen LogP contribution in [0.4, 0.5) is 27.8 Å². The Morgan fingerprint density at radius 2 is 1.91 bits per heavy atom. The average Bonchev–Trinajstić information content (AvgIpc) is 2.98. The number of benzene rings is 1. The number of pyridine rings is 1. The zero-order valence-corrected chi connectivity index (χ0v) is 16.1. The molecule has 0 aliphatic carbocycles. The zero-order chi connectivity index (χ0) is 23.7. The number of hydrogen-bond donors (Lipinski definition) is 2.